The van der Waals surface area contributed by atoms with Crippen LogP contribution in [0.2, 0.25) is 0 Å². The van der Waals surface area contributed by atoms with Crippen LogP contribution in [0, 0.1) is 0 Å². The van der Waals surface area contributed by atoms with Crippen LogP contribution in [0.15, 0.2) is 42.5 Å². The van der Waals surface area contributed by atoms with Crippen LogP contribution < -0.4 is 23.8 Å². The molecule has 1 heterocycles. The van der Waals surface area contributed by atoms with Crippen molar-refractivity contribution in [2.45, 2.75) is 19.8 Å². The third-order valence-corrected chi connectivity index (χ3v) is 6.51. The highest BCUT2D eigenvalue weighted by atomic mass is 32.2. The highest BCUT2D eigenvalue weighted by Crippen LogP contribution is 2.36. The molecule has 1 aliphatic rings. The summed E-state index contributed by atoms with van der Waals surface area (Å²) in [5.74, 6) is 1.33. The Morgan fingerprint density at radius 1 is 1.17 bits per heavy atom. The first-order valence-corrected chi connectivity index (χ1v) is 11.3. The van der Waals surface area contributed by atoms with Gasteiger partial charge in [0.2, 0.25) is 22.7 Å². The van der Waals surface area contributed by atoms with Gasteiger partial charge in [-0.1, -0.05) is 18.2 Å². The summed E-state index contributed by atoms with van der Waals surface area (Å²) in [4.78, 5) is 12.5. The number of rotatable bonds is 10. The molecule has 0 bridgehead atoms. The van der Waals surface area contributed by atoms with E-state index in [0.29, 0.717) is 30.2 Å². The Kier molecular flexibility index (Phi) is 7.04. The Morgan fingerprint density at radius 2 is 1.93 bits per heavy atom. The lowest BCUT2D eigenvalue weighted by Gasteiger charge is -2.23. The van der Waals surface area contributed by atoms with Crippen molar-refractivity contribution in [2.24, 2.45) is 0 Å². The second kappa shape index (κ2) is 9.71. The number of carbonyl (C=O) groups is 1. The Bertz CT molecular complexity index is 993. The Labute approximate surface area is 176 Å². The van der Waals surface area contributed by atoms with E-state index in [-0.39, 0.29) is 25.0 Å². The largest absolute Gasteiger partial charge is 0.496 e. The molecule has 0 spiro atoms. The minimum absolute atomic E-state index is 0.0893. The summed E-state index contributed by atoms with van der Waals surface area (Å²) >= 11 is 0. The predicted molar refractivity (Wildman–Crippen MR) is 114 cm³/mol. The summed E-state index contributed by atoms with van der Waals surface area (Å²) in [6.45, 7) is 1.76. The predicted octanol–water partition coefficient (Wildman–Crippen LogP) is 2.33. The van der Waals surface area contributed by atoms with Crippen LogP contribution in [0.1, 0.15) is 18.9 Å². The van der Waals surface area contributed by atoms with E-state index in [4.69, 9.17) is 14.2 Å². The van der Waals surface area contributed by atoms with Gasteiger partial charge in [0.05, 0.1) is 18.6 Å². The SMILES string of the molecule is CCS(=O)(=O)N(CC(=O)NCCCc1ccccc1OC)c1ccc2c(c1)OCO2. The number of aryl methyl sites for hydroxylation is 1. The monoisotopic (exact) mass is 434 g/mol. The van der Waals surface area contributed by atoms with Gasteiger partial charge in [-0.15, -0.1) is 0 Å². The maximum atomic E-state index is 12.6. The average Bonchev–Trinajstić information content (AvgIpc) is 3.23. The first-order valence-electron chi connectivity index (χ1n) is 9.73. The van der Waals surface area contributed by atoms with Crippen molar-refractivity contribution in [1.82, 2.24) is 5.32 Å². The zero-order valence-electron chi connectivity index (χ0n) is 17.1. The van der Waals surface area contributed by atoms with E-state index in [0.717, 1.165) is 22.0 Å². The van der Waals surface area contributed by atoms with E-state index in [2.05, 4.69) is 5.32 Å². The molecule has 0 saturated carbocycles. The van der Waals surface area contributed by atoms with Crippen LogP contribution in [0.25, 0.3) is 0 Å². The number of carbonyl (C=O) groups excluding carboxylic acids is 1. The number of nitrogens with one attached hydrogen (secondary N) is 1. The topological polar surface area (TPSA) is 94.2 Å². The number of anilines is 1. The molecule has 3 rings (SSSR count). The number of para-hydroxylation sites is 1. The van der Waals surface area contributed by atoms with Crippen LogP contribution in [-0.2, 0) is 21.2 Å². The van der Waals surface area contributed by atoms with Gasteiger partial charge in [0.15, 0.2) is 11.5 Å². The summed E-state index contributed by atoms with van der Waals surface area (Å²) < 4.78 is 42.2. The highest BCUT2D eigenvalue weighted by Gasteiger charge is 2.25. The van der Waals surface area contributed by atoms with Crippen molar-refractivity contribution in [3.8, 4) is 17.2 Å². The lowest BCUT2D eigenvalue weighted by Crippen LogP contribution is -2.41. The standard InChI is InChI=1S/C21H26N2O6S/c1-3-30(25,26)23(17-10-11-19-20(13-17)29-15-28-19)14-21(24)22-12-6-8-16-7-4-5-9-18(16)27-2/h4-5,7,9-11,13H,3,6,8,12,14-15H2,1-2H3,(H,22,24). The Morgan fingerprint density at radius 3 is 2.70 bits per heavy atom. The molecule has 0 radical (unpaired) electrons. The van der Waals surface area contributed by atoms with Crippen LogP contribution in [0.4, 0.5) is 5.69 Å². The molecule has 0 fully saturated rings. The van der Waals surface area contributed by atoms with Gasteiger partial charge in [-0.2, -0.15) is 0 Å². The molecule has 1 amide bonds. The van der Waals surface area contributed by atoms with Gasteiger partial charge < -0.3 is 19.5 Å². The normalized spacial score (nSPS) is 12.5. The van der Waals surface area contributed by atoms with Crippen molar-refractivity contribution in [1.29, 1.82) is 0 Å². The first kappa shape index (κ1) is 21.8. The van der Waals surface area contributed by atoms with Crippen molar-refractivity contribution in [3.05, 3.63) is 48.0 Å². The fraction of sp³-hybridized carbons (Fsp3) is 0.381. The first-order chi connectivity index (χ1) is 14.4. The highest BCUT2D eigenvalue weighted by molar-refractivity contribution is 7.92. The lowest BCUT2D eigenvalue weighted by molar-refractivity contribution is -0.119. The molecule has 0 saturated heterocycles. The molecular formula is C21H26N2O6S. The van der Waals surface area contributed by atoms with Crippen LogP contribution >= 0.6 is 0 Å². The number of hydrogen-bond acceptors (Lipinski definition) is 6. The van der Waals surface area contributed by atoms with E-state index >= 15 is 0 Å². The van der Waals surface area contributed by atoms with E-state index in [9.17, 15) is 13.2 Å². The number of hydrogen-bond donors (Lipinski definition) is 1. The van der Waals surface area contributed by atoms with E-state index < -0.39 is 10.0 Å². The fourth-order valence-electron chi connectivity index (χ4n) is 3.15. The van der Waals surface area contributed by atoms with E-state index in [1.807, 2.05) is 24.3 Å². The zero-order chi connectivity index (χ0) is 21.6. The summed E-state index contributed by atoms with van der Waals surface area (Å²) in [5, 5.41) is 2.80. The van der Waals surface area contributed by atoms with E-state index in [1.54, 1.807) is 32.2 Å². The van der Waals surface area contributed by atoms with Gasteiger partial charge >= 0.3 is 0 Å². The van der Waals surface area contributed by atoms with Gasteiger partial charge in [-0.3, -0.25) is 9.10 Å². The summed E-state index contributed by atoms with van der Waals surface area (Å²) in [6, 6.07) is 12.5. The quantitative estimate of drug-likeness (QED) is 0.577. The smallest absolute Gasteiger partial charge is 0.240 e. The molecule has 1 N–H and O–H groups in total. The number of sulfonamides is 1. The van der Waals surface area contributed by atoms with Crippen LogP contribution in [-0.4, -0.2) is 47.1 Å². The Balaban J connectivity index is 1.60. The van der Waals surface area contributed by atoms with Crippen molar-refractivity contribution >= 4 is 21.6 Å². The van der Waals surface area contributed by atoms with E-state index in [1.165, 1.54) is 0 Å². The zero-order valence-corrected chi connectivity index (χ0v) is 17.9. The molecular weight excluding hydrogens is 408 g/mol. The van der Waals surface area contributed by atoms with Crippen molar-refractivity contribution in [2.75, 3.05) is 37.1 Å². The van der Waals surface area contributed by atoms with Gasteiger partial charge in [-0.05, 0) is 43.5 Å². The van der Waals surface area contributed by atoms with Gasteiger partial charge in [0, 0.05) is 12.6 Å². The number of fused-ring (bicyclic) bond motifs is 1. The molecule has 1 aliphatic heterocycles. The number of methoxy groups -OCH3 is 1. The molecule has 0 aromatic heterocycles. The third-order valence-electron chi connectivity index (χ3n) is 4.77. The average molecular weight is 435 g/mol. The maximum Gasteiger partial charge on any atom is 0.240 e. The molecule has 0 unspecified atom stereocenters. The molecule has 9 heteroatoms. The minimum Gasteiger partial charge on any atom is -0.496 e. The number of ether oxygens (including phenoxy) is 3. The fourth-order valence-corrected chi connectivity index (χ4v) is 4.21. The molecule has 2 aromatic carbocycles. The maximum absolute atomic E-state index is 12.6. The second-order valence-corrected chi connectivity index (χ2v) is 8.89. The van der Waals surface area contributed by atoms with Crippen molar-refractivity contribution < 1.29 is 27.4 Å². The summed E-state index contributed by atoms with van der Waals surface area (Å²) in [7, 11) is -2.02. The molecule has 162 valence electrons. The number of amides is 1. The molecule has 0 atom stereocenters. The van der Waals surface area contributed by atoms with Crippen molar-refractivity contribution in [3.63, 3.8) is 0 Å². The lowest BCUT2D eigenvalue weighted by atomic mass is 10.1. The van der Waals surface area contributed by atoms with Gasteiger partial charge in [0.1, 0.15) is 12.3 Å². The molecule has 2 aromatic rings. The Hall–Kier alpha value is -2.94. The summed E-state index contributed by atoms with van der Waals surface area (Å²) in [5.41, 5.74) is 1.43. The van der Waals surface area contributed by atoms with Crippen LogP contribution in [0.5, 0.6) is 17.2 Å². The molecule has 8 nitrogen and oxygen atoms in total. The van der Waals surface area contributed by atoms with Crippen LogP contribution in [0.3, 0.4) is 0 Å². The minimum atomic E-state index is -3.65. The number of nitrogens with zero attached hydrogens (tertiary/aromatic N) is 1. The third kappa shape index (κ3) is 5.15. The van der Waals surface area contributed by atoms with Gasteiger partial charge in [0.25, 0.3) is 0 Å². The summed E-state index contributed by atoms with van der Waals surface area (Å²) in [6.07, 6.45) is 1.44. The molecule has 0 aliphatic carbocycles. The number of benzene rings is 2. The second-order valence-electron chi connectivity index (χ2n) is 6.71. The molecule has 30 heavy (non-hydrogen) atoms. The van der Waals surface area contributed by atoms with Gasteiger partial charge in [-0.25, -0.2) is 8.42 Å².